The van der Waals surface area contributed by atoms with Gasteiger partial charge in [0.1, 0.15) is 6.10 Å². The number of aliphatic hydroxyl groups excluding tert-OH is 1. The largest absolute Gasteiger partial charge is 0.388 e. The Hall–Kier alpha value is -0.640. The normalized spacial score (nSPS) is 12.8. The highest BCUT2D eigenvalue weighted by atomic mass is 16.7. The zero-order valence-electron chi connectivity index (χ0n) is 8.11. The summed E-state index contributed by atoms with van der Waals surface area (Å²) >= 11 is 0. The zero-order chi connectivity index (χ0) is 10.1. The summed E-state index contributed by atoms with van der Waals surface area (Å²) in [6.45, 7) is 9.65. The summed E-state index contributed by atoms with van der Waals surface area (Å²) in [5, 5.41) is 9.45. The molecule has 1 N–H and O–H groups in total. The van der Waals surface area contributed by atoms with E-state index in [0.717, 1.165) is 0 Å². The maximum absolute atomic E-state index is 9.45. The van der Waals surface area contributed by atoms with E-state index in [1.165, 1.54) is 0 Å². The lowest BCUT2D eigenvalue weighted by molar-refractivity contribution is -0.182. The van der Waals surface area contributed by atoms with E-state index in [4.69, 9.17) is 9.47 Å². The van der Waals surface area contributed by atoms with E-state index in [0.29, 0.717) is 19.6 Å². The van der Waals surface area contributed by atoms with Crippen molar-refractivity contribution in [1.82, 2.24) is 0 Å². The summed E-state index contributed by atoms with van der Waals surface area (Å²) in [5.41, 5.74) is 0. The third-order valence-corrected chi connectivity index (χ3v) is 1.49. The molecule has 0 bridgehead atoms. The molecular formula is C10H18O3. The van der Waals surface area contributed by atoms with Gasteiger partial charge in [0.05, 0.1) is 13.2 Å². The van der Waals surface area contributed by atoms with Crippen molar-refractivity contribution in [2.45, 2.75) is 25.7 Å². The standard InChI is InChI=1S/C10H18O3/c1-4-7-12-10(9(11)6-3)13-8-5-2/h4-5,9-11H,1-2,6-8H2,3H3. The monoisotopic (exact) mass is 186 g/mol. The van der Waals surface area contributed by atoms with Crippen LogP contribution in [0.2, 0.25) is 0 Å². The molecule has 0 amide bonds. The van der Waals surface area contributed by atoms with Crippen LogP contribution in [0.5, 0.6) is 0 Å². The lowest BCUT2D eigenvalue weighted by Crippen LogP contribution is -2.31. The van der Waals surface area contributed by atoms with Gasteiger partial charge in [-0.1, -0.05) is 19.1 Å². The maximum Gasteiger partial charge on any atom is 0.184 e. The van der Waals surface area contributed by atoms with E-state index >= 15 is 0 Å². The van der Waals surface area contributed by atoms with E-state index in [1.54, 1.807) is 12.2 Å². The van der Waals surface area contributed by atoms with Crippen LogP contribution in [-0.2, 0) is 9.47 Å². The second-order valence-electron chi connectivity index (χ2n) is 2.59. The molecule has 0 rings (SSSR count). The average Bonchev–Trinajstić information content (AvgIpc) is 2.17. The minimum Gasteiger partial charge on any atom is -0.388 e. The van der Waals surface area contributed by atoms with Crippen LogP contribution in [0.15, 0.2) is 25.3 Å². The van der Waals surface area contributed by atoms with Gasteiger partial charge in [-0.05, 0) is 6.42 Å². The first-order valence-corrected chi connectivity index (χ1v) is 4.39. The van der Waals surface area contributed by atoms with Crippen LogP contribution in [-0.4, -0.2) is 30.7 Å². The first-order valence-electron chi connectivity index (χ1n) is 4.39. The van der Waals surface area contributed by atoms with Crippen LogP contribution in [0.1, 0.15) is 13.3 Å². The summed E-state index contributed by atoms with van der Waals surface area (Å²) in [5.74, 6) is 0. The van der Waals surface area contributed by atoms with Crippen molar-refractivity contribution in [3.63, 3.8) is 0 Å². The molecule has 0 fully saturated rings. The fraction of sp³-hybridized carbons (Fsp3) is 0.600. The number of ether oxygens (including phenoxy) is 2. The zero-order valence-corrected chi connectivity index (χ0v) is 8.11. The van der Waals surface area contributed by atoms with E-state index in [2.05, 4.69) is 13.2 Å². The van der Waals surface area contributed by atoms with Crippen LogP contribution in [0, 0.1) is 0 Å². The van der Waals surface area contributed by atoms with Crippen molar-refractivity contribution in [2.75, 3.05) is 13.2 Å². The van der Waals surface area contributed by atoms with E-state index < -0.39 is 12.4 Å². The molecule has 0 aromatic heterocycles. The van der Waals surface area contributed by atoms with Crippen molar-refractivity contribution < 1.29 is 14.6 Å². The second-order valence-corrected chi connectivity index (χ2v) is 2.59. The van der Waals surface area contributed by atoms with E-state index in [-0.39, 0.29) is 0 Å². The molecular weight excluding hydrogens is 168 g/mol. The van der Waals surface area contributed by atoms with Crippen LogP contribution in [0.4, 0.5) is 0 Å². The predicted molar refractivity (Wildman–Crippen MR) is 52.4 cm³/mol. The SMILES string of the molecule is C=CCOC(OCC=C)C(O)CC. The first-order chi connectivity index (χ1) is 6.26. The number of hydrogen-bond donors (Lipinski definition) is 1. The molecule has 0 aliphatic heterocycles. The molecule has 76 valence electrons. The lowest BCUT2D eigenvalue weighted by atomic mass is 10.3. The molecule has 3 nitrogen and oxygen atoms in total. The maximum atomic E-state index is 9.45. The average molecular weight is 186 g/mol. The second kappa shape index (κ2) is 7.98. The third kappa shape index (κ3) is 5.58. The summed E-state index contributed by atoms with van der Waals surface area (Å²) in [6.07, 6.45) is 2.65. The molecule has 0 heterocycles. The van der Waals surface area contributed by atoms with Gasteiger partial charge in [0.15, 0.2) is 6.29 Å². The minimum atomic E-state index is -0.597. The fourth-order valence-corrected chi connectivity index (χ4v) is 0.788. The van der Waals surface area contributed by atoms with Gasteiger partial charge in [-0.3, -0.25) is 0 Å². The van der Waals surface area contributed by atoms with Gasteiger partial charge < -0.3 is 14.6 Å². The third-order valence-electron chi connectivity index (χ3n) is 1.49. The van der Waals surface area contributed by atoms with Gasteiger partial charge in [-0.15, -0.1) is 13.2 Å². The van der Waals surface area contributed by atoms with E-state index in [9.17, 15) is 5.11 Å². The van der Waals surface area contributed by atoms with Crippen molar-refractivity contribution >= 4 is 0 Å². The molecule has 0 aliphatic rings. The number of hydrogen-bond acceptors (Lipinski definition) is 3. The highest BCUT2D eigenvalue weighted by molar-refractivity contribution is 4.69. The number of aliphatic hydroxyl groups is 1. The van der Waals surface area contributed by atoms with Crippen molar-refractivity contribution in [2.24, 2.45) is 0 Å². The molecule has 0 aliphatic carbocycles. The van der Waals surface area contributed by atoms with Gasteiger partial charge in [0.25, 0.3) is 0 Å². The molecule has 0 radical (unpaired) electrons. The molecule has 0 spiro atoms. The Bertz CT molecular complexity index is 133. The molecule has 1 unspecified atom stereocenters. The quantitative estimate of drug-likeness (QED) is 0.461. The van der Waals surface area contributed by atoms with Crippen molar-refractivity contribution in [1.29, 1.82) is 0 Å². The topological polar surface area (TPSA) is 38.7 Å². The Morgan fingerprint density at radius 2 is 1.69 bits per heavy atom. The van der Waals surface area contributed by atoms with Crippen LogP contribution in [0.3, 0.4) is 0 Å². The minimum absolute atomic E-state index is 0.374. The predicted octanol–water partition coefficient (Wildman–Crippen LogP) is 1.49. The highest BCUT2D eigenvalue weighted by Crippen LogP contribution is 2.05. The summed E-state index contributed by atoms with van der Waals surface area (Å²) < 4.78 is 10.4. The van der Waals surface area contributed by atoms with Crippen LogP contribution < -0.4 is 0 Å². The van der Waals surface area contributed by atoms with Crippen molar-refractivity contribution in [3.05, 3.63) is 25.3 Å². The molecule has 0 aromatic rings. The Labute approximate surface area is 79.7 Å². The Kier molecular flexibility index (Phi) is 7.59. The molecule has 1 atom stereocenters. The van der Waals surface area contributed by atoms with Gasteiger partial charge in [-0.2, -0.15) is 0 Å². The van der Waals surface area contributed by atoms with Gasteiger partial charge >= 0.3 is 0 Å². The van der Waals surface area contributed by atoms with Gasteiger partial charge in [0.2, 0.25) is 0 Å². The number of rotatable bonds is 8. The molecule has 13 heavy (non-hydrogen) atoms. The summed E-state index contributed by atoms with van der Waals surface area (Å²) in [6, 6.07) is 0. The van der Waals surface area contributed by atoms with Crippen LogP contribution in [0.25, 0.3) is 0 Å². The van der Waals surface area contributed by atoms with Crippen LogP contribution >= 0.6 is 0 Å². The highest BCUT2D eigenvalue weighted by Gasteiger charge is 2.17. The van der Waals surface area contributed by atoms with Crippen molar-refractivity contribution in [3.8, 4) is 0 Å². The fourth-order valence-electron chi connectivity index (χ4n) is 0.788. The summed E-state index contributed by atoms with van der Waals surface area (Å²) in [4.78, 5) is 0. The Morgan fingerprint density at radius 1 is 1.23 bits per heavy atom. The molecule has 0 saturated heterocycles. The summed E-state index contributed by atoms with van der Waals surface area (Å²) in [7, 11) is 0. The molecule has 0 aromatic carbocycles. The molecule has 0 saturated carbocycles. The van der Waals surface area contributed by atoms with E-state index in [1.807, 2.05) is 6.92 Å². The van der Waals surface area contributed by atoms with Gasteiger partial charge in [-0.25, -0.2) is 0 Å². The smallest absolute Gasteiger partial charge is 0.184 e. The first kappa shape index (κ1) is 12.4. The Morgan fingerprint density at radius 3 is 2.00 bits per heavy atom. The Balaban J connectivity index is 3.85. The molecule has 3 heteroatoms. The van der Waals surface area contributed by atoms with Gasteiger partial charge in [0, 0.05) is 0 Å². The lowest BCUT2D eigenvalue weighted by Gasteiger charge is -2.21.